The van der Waals surface area contributed by atoms with E-state index in [9.17, 15) is 4.91 Å². The second kappa shape index (κ2) is 9.85. The maximum atomic E-state index is 10.6. The van der Waals surface area contributed by atoms with Gasteiger partial charge in [-0.15, -0.1) is 4.91 Å². The lowest BCUT2D eigenvalue weighted by Crippen LogP contribution is -2.46. The van der Waals surface area contributed by atoms with E-state index in [1.807, 2.05) is 54.2 Å². The molecule has 4 atom stereocenters. The van der Waals surface area contributed by atoms with Crippen LogP contribution in [-0.2, 0) is 7.80 Å². The highest BCUT2D eigenvalue weighted by atomic mass is 127. The first-order chi connectivity index (χ1) is 13.6. The molecule has 8 heteroatoms. The van der Waals surface area contributed by atoms with E-state index in [2.05, 4.69) is 17.1 Å². The highest BCUT2D eigenvalue weighted by molar-refractivity contribution is 14.1. The SMILES string of the molecule is C=CNC1OC(COI)C(Oc2ccc(N=O)cc2)C1Oc1ccc(C)cc1. The maximum Gasteiger partial charge on any atom is 0.182 e. The molecule has 0 saturated carbocycles. The molecule has 1 fully saturated rings. The molecule has 1 aliphatic rings. The number of nitrogens with one attached hydrogen (secondary N) is 1. The molecule has 0 bridgehead atoms. The van der Waals surface area contributed by atoms with Crippen molar-refractivity contribution in [3.05, 3.63) is 71.8 Å². The Hall–Kier alpha value is -2.17. The number of nitroso groups, excluding NO2 is 1. The molecule has 7 nitrogen and oxygen atoms in total. The van der Waals surface area contributed by atoms with Crippen LogP contribution in [0.1, 0.15) is 5.56 Å². The van der Waals surface area contributed by atoms with Crippen LogP contribution in [0, 0.1) is 11.8 Å². The van der Waals surface area contributed by atoms with Gasteiger partial charge in [-0.1, -0.05) is 24.3 Å². The summed E-state index contributed by atoms with van der Waals surface area (Å²) >= 11 is 1.83. The van der Waals surface area contributed by atoms with Gasteiger partial charge >= 0.3 is 0 Å². The topological polar surface area (TPSA) is 78.4 Å². The highest BCUT2D eigenvalue weighted by Gasteiger charge is 2.48. The van der Waals surface area contributed by atoms with Crippen molar-refractivity contribution in [1.29, 1.82) is 0 Å². The third-order valence-corrected chi connectivity index (χ3v) is 4.69. The van der Waals surface area contributed by atoms with Gasteiger partial charge in [0.2, 0.25) is 0 Å². The zero-order valence-electron chi connectivity index (χ0n) is 15.3. The number of rotatable bonds is 9. The Balaban J connectivity index is 1.85. The lowest BCUT2D eigenvalue weighted by atomic mass is 10.1. The molecule has 1 N–H and O–H groups in total. The van der Waals surface area contributed by atoms with Gasteiger partial charge in [-0.3, -0.25) is 0 Å². The molecule has 4 unspecified atom stereocenters. The first-order valence-electron chi connectivity index (χ1n) is 8.74. The summed E-state index contributed by atoms with van der Waals surface area (Å²) in [4.78, 5) is 10.6. The van der Waals surface area contributed by atoms with Crippen molar-refractivity contribution in [2.45, 2.75) is 31.5 Å². The van der Waals surface area contributed by atoms with Crippen LogP contribution < -0.4 is 14.8 Å². The molecule has 0 radical (unpaired) electrons. The number of nitrogens with zero attached hydrogens (tertiary/aromatic N) is 1. The summed E-state index contributed by atoms with van der Waals surface area (Å²) in [6.45, 7) is 6.05. The molecule has 1 aliphatic heterocycles. The molecule has 2 aromatic rings. The van der Waals surface area contributed by atoms with Gasteiger partial charge in [0.25, 0.3) is 0 Å². The van der Waals surface area contributed by atoms with Gasteiger partial charge in [-0.2, -0.15) is 0 Å². The monoisotopic (exact) mass is 496 g/mol. The summed E-state index contributed by atoms with van der Waals surface area (Å²) in [6.07, 6.45) is -0.181. The summed E-state index contributed by atoms with van der Waals surface area (Å²) in [5.74, 6) is 1.29. The number of ether oxygens (including phenoxy) is 3. The molecule has 28 heavy (non-hydrogen) atoms. The van der Waals surface area contributed by atoms with Gasteiger partial charge in [-0.25, -0.2) is 0 Å². The largest absolute Gasteiger partial charge is 0.484 e. The maximum absolute atomic E-state index is 10.6. The van der Waals surface area contributed by atoms with Crippen molar-refractivity contribution >= 4 is 28.7 Å². The fraction of sp³-hybridized carbons (Fsp3) is 0.300. The fourth-order valence-corrected chi connectivity index (χ4v) is 3.32. The van der Waals surface area contributed by atoms with Crippen LogP contribution >= 0.6 is 23.0 Å². The van der Waals surface area contributed by atoms with Crippen molar-refractivity contribution in [1.82, 2.24) is 5.32 Å². The molecule has 0 aromatic heterocycles. The predicted molar refractivity (Wildman–Crippen MR) is 114 cm³/mol. The minimum Gasteiger partial charge on any atom is -0.484 e. The Morgan fingerprint density at radius 2 is 1.71 bits per heavy atom. The lowest BCUT2D eigenvalue weighted by molar-refractivity contribution is -0.0123. The van der Waals surface area contributed by atoms with Crippen molar-refractivity contribution in [2.75, 3.05) is 6.61 Å². The van der Waals surface area contributed by atoms with Crippen LogP contribution in [0.15, 0.2) is 66.5 Å². The molecule has 0 aliphatic carbocycles. The molecule has 1 saturated heterocycles. The summed E-state index contributed by atoms with van der Waals surface area (Å²) in [7, 11) is 0. The van der Waals surface area contributed by atoms with Gasteiger partial charge in [-0.05, 0) is 54.7 Å². The Morgan fingerprint density at radius 3 is 2.29 bits per heavy atom. The zero-order chi connectivity index (χ0) is 19.9. The van der Waals surface area contributed by atoms with Crippen molar-refractivity contribution in [3.8, 4) is 11.5 Å². The molecular formula is C20H21IN2O5. The Kier molecular flexibility index (Phi) is 7.24. The number of hydrogen-bond donors (Lipinski definition) is 1. The summed E-state index contributed by atoms with van der Waals surface area (Å²) < 4.78 is 23.7. The third-order valence-electron chi connectivity index (χ3n) is 4.33. The first-order valence-corrected chi connectivity index (χ1v) is 9.62. The van der Waals surface area contributed by atoms with E-state index >= 15 is 0 Å². The normalized spacial score (nSPS) is 23.8. The van der Waals surface area contributed by atoms with Crippen LogP contribution in [0.2, 0.25) is 0 Å². The molecule has 1 heterocycles. The highest BCUT2D eigenvalue weighted by Crippen LogP contribution is 2.30. The second-order valence-corrected chi connectivity index (χ2v) is 6.93. The van der Waals surface area contributed by atoms with Crippen molar-refractivity contribution < 1.29 is 17.3 Å². The van der Waals surface area contributed by atoms with Crippen molar-refractivity contribution in [2.24, 2.45) is 5.18 Å². The van der Waals surface area contributed by atoms with Gasteiger partial charge < -0.3 is 22.6 Å². The molecular weight excluding hydrogens is 475 g/mol. The van der Waals surface area contributed by atoms with Crippen LogP contribution in [-0.4, -0.2) is 31.1 Å². The number of hydrogen-bond acceptors (Lipinski definition) is 7. The fourth-order valence-electron chi connectivity index (χ4n) is 2.96. The minimum absolute atomic E-state index is 0.322. The number of halogens is 1. The summed E-state index contributed by atoms with van der Waals surface area (Å²) in [6, 6.07) is 14.3. The molecule has 3 rings (SSSR count). The Labute approximate surface area is 177 Å². The second-order valence-electron chi connectivity index (χ2n) is 6.30. The summed E-state index contributed by atoms with van der Waals surface area (Å²) in [5.41, 5.74) is 1.48. The average Bonchev–Trinajstić information content (AvgIpc) is 3.01. The minimum atomic E-state index is -0.462. The molecule has 148 valence electrons. The predicted octanol–water partition coefficient (Wildman–Crippen LogP) is 4.41. The molecule has 0 amide bonds. The van der Waals surface area contributed by atoms with Gasteiger partial charge in [0.05, 0.1) is 6.61 Å². The van der Waals surface area contributed by atoms with E-state index in [0.29, 0.717) is 23.8 Å². The zero-order valence-corrected chi connectivity index (χ0v) is 17.4. The van der Waals surface area contributed by atoms with Crippen LogP contribution in [0.5, 0.6) is 11.5 Å². The van der Waals surface area contributed by atoms with E-state index in [1.54, 1.807) is 30.5 Å². The molecule has 0 spiro atoms. The van der Waals surface area contributed by atoms with Gasteiger partial charge in [0.15, 0.2) is 18.4 Å². The van der Waals surface area contributed by atoms with E-state index in [1.165, 1.54) is 0 Å². The van der Waals surface area contributed by atoms with Crippen LogP contribution in [0.4, 0.5) is 5.69 Å². The first kappa shape index (κ1) is 20.6. The Bertz CT molecular complexity index is 784. The van der Waals surface area contributed by atoms with E-state index in [4.69, 9.17) is 17.3 Å². The average molecular weight is 496 g/mol. The van der Waals surface area contributed by atoms with E-state index < -0.39 is 18.4 Å². The van der Waals surface area contributed by atoms with Gasteiger partial charge in [0, 0.05) is 0 Å². The lowest BCUT2D eigenvalue weighted by Gasteiger charge is -2.26. The van der Waals surface area contributed by atoms with Crippen molar-refractivity contribution in [3.63, 3.8) is 0 Å². The smallest absolute Gasteiger partial charge is 0.182 e. The number of benzene rings is 2. The van der Waals surface area contributed by atoms with E-state index in [0.717, 1.165) is 5.56 Å². The standard InChI is InChI=1S/C20H21IN2O5/c1-3-22-20-19(27-15-8-4-13(2)5-9-15)18(17(28-20)12-25-21)26-16-10-6-14(23-24)7-11-16/h3-11,17-20,22H,1,12H2,2H3. The number of aryl methyl sites for hydroxylation is 1. The molecule has 2 aromatic carbocycles. The third kappa shape index (κ3) is 5.00. The van der Waals surface area contributed by atoms with E-state index in [-0.39, 0.29) is 6.10 Å². The van der Waals surface area contributed by atoms with Crippen LogP contribution in [0.25, 0.3) is 0 Å². The summed E-state index contributed by atoms with van der Waals surface area (Å²) in [5, 5.41) is 5.98. The van der Waals surface area contributed by atoms with Crippen LogP contribution in [0.3, 0.4) is 0 Å². The van der Waals surface area contributed by atoms with Gasteiger partial charge in [0.1, 0.15) is 46.3 Å². The Morgan fingerprint density at radius 1 is 1.11 bits per heavy atom. The quantitative estimate of drug-likeness (QED) is 0.410.